The lowest BCUT2D eigenvalue weighted by Crippen LogP contribution is -2.56. The second-order valence-corrected chi connectivity index (χ2v) is 20.8. The van der Waals surface area contributed by atoms with Crippen molar-refractivity contribution in [3.8, 4) is 22.6 Å². The molecule has 1 aromatic heterocycles. The van der Waals surface area contributed by atoms with Crippen LogP contribution < -0.4 is 25.8 Å². The summed E-state index contributed by atoms with van der Waals surface area (Å²) in [6, 6.07) is 14.3. The van der Waals surface area contributed by atoms with E-state index in [0.717, 1.165) is 31.0 Å². The zero-order chi connectivity index (χ0) is 52.2. The second kappa shape index (κ2) is 20.7. The van der Waals surface area contributed by atoms with E-state index in [0.29, 0.717) is 63.3 Å². The number of aliphatic hydroxyl groups is 1. The number of aryl methyl sites for hydroxylation is 1. The zero-order valence-electron chi connectivity index (χ0n) is 41.1. The highest BCUT2D eigenvalue weighted by Crippen LogP contribution is 2.57. The first-order chi connectivity index (χ1) is 35.6. The summed E-state index contributed by atoms with van der Waals surface area (Å²) in [7, 11) is 1.58. The Hall–Kier alpha value is -6.50. The molecule has 1 unspecified atom stereocenters. The van der Waals surface area contributed by atoms with Crippen molar-refractivity contribution in [2.45, 2.75) is 87.7 Å². The number of piperidine rings is 2. The van der Waals surface area contributed by atoms with E-state index in [9.17, 15) is 24.3 Å². The number of hydrogen-bond donors (Lipinski definition) is 4. The van der Waals surface area contributed by atoms with Crippen molar-refractivity contribution in [2.75, 3.05) is 45.9 Å². The number of primary amides is 1. The lowest BCUT2D eigenvalue weighted by Gasteiger charge is -2.45. The van der Waals surface area contributed by atoms with E-state index in [1.165, 1.54) is 22.9 Å². The van der Waals surface area contributed by atoms with Gasteiger partial charge in [0.05, 0.1) is 28.8 Å². The normalized spacial score (nSPS) is 23.7. The van der Waals surface area contributed by atoms with Gasteiger partial charge in [0, 0.05) is 90.6 Å². The summed E-state index contributed by atoms with van der Waals surface area (Å²) in [5.74, 6) is -6.61. The predicted octanol–water partition coefficient (Wildman–Crippen LogP) is 7.83. The summed E-state index contributed by atoms with van der Waals surface area (Å²) in [6.45, 7) is 4.66. The lowest BCUT2D eigenvalue weighted by atomic mass is 9.77. The average Bonchev–Trinajstić information content (AvgIpc) is 3.85. The molecule has 0 spiro atoms. The summed E-state index contributed by atoms with van der Waals surface area (Å²) in [4.78, 5) is 55.0. The van der Waals surface area contributed by atoms with Gasteiger partial charge in [-0.05, 0) is 100.0 Å². The van der Waals surface area contributed by atoms with Crippen LogP contribution in [0.25, 0.3) is 22.0 Å². The Balaban J connectivity index is 0.743. The van der Waals surface area contributed by atoms with Crippen molar-refractivity contribution in [1.82, 2.24) is 30.2 Å². The Morgan fingerprint density at radius 2 is 1.69 bits per heavy atom. The fourth-order valence-corrected chi connectivity index (χ4v) is 12.4. The molecular formula is C55H58ClF4N7O7. The molecule has 4 amide bonds. The number of fused-ring (bicyclic) bond motifs is 2. The van der Waals surface area contributed by atoms with Gasteiger partial charge in [-0.15, -0.1) is 0 Å². The van der Waals surface area contributed by atoms with E-state index in [1.54, 1.807) is 7.05 Å². The molecule has 10 rings (SSSR count). The molecule has 4 aliphatic heterocycles. The van der Waals surface area contributed by atoms with E-state index in [2.05, 4.69) is 20.6 Å². The van der Waals surface area contributed by atoms with Crippen molar-refractivity contribution in [3.05, 3.63) is 123 Å². The Bertz CT molecular complexity index is 3060. The van der Waals surface area contributed by atoms with Crippen molar-refractivity contribution in [2.24, 2.45) is 24.6 Å². The molecule has 5 aliphatic rings. The first kappa shape index (κ1) is 51.0. The monoisotopic (exact) mass is 1040 g/mol. The van der Waals surface area contributed by atoms with Crippen LogP contribution in [0.5, 0.6) is 11.5 Å². The van der Waals surface area contributed by atoms with Gasteiger partial charge in [0.1, 0.15) is 29.5 Å². The molecule has 1 saturated carbocycles. The molecule has 14 nitrogen and oxygen atoms in total. The van der Waals surface area contributed by atoms with Crippen LogP contribution in [0.2, 0.25) is 5.02 Å². The van der Waals surface area contributed by atoms with Crippen LogP contribution >= 0.6 is 11.6 Å². The van der Waals surface area contributed by atoms with Crippen LogP contribution in [0.3, 0.4) is 0 Å². The number of nitrogens with one attached hydrogen (secondary N) is 2. The number of aromatic nitrogens is 2. The number of amides is 4. The minimum atomic E-state index is -1.24. The van der Waals surface area contributed by atoms with Gasteiger partial charge in [-0.1, -0.05) is 48.9 Å². The molecule has 4 fully saturated rings. The maximum atomic E-state index is 16.4. The SMILES string of the molecule is C[C@H]1c2c(cc(F)c(Cl)c2-c2c(C(N)=O)ccc(OCCO)c2F)O[C@]1(/C=C\NC1CCC(C(=O)N2CC(CN3CCC(c4c(F)cc5c(C6CCC(=O)NC6=O)nn(C)c5c4F)CC3)C2)CC1)c1ccccc1. The summed E-state index contributed by atoms with van der Waals surface area (Å²) in [5.41, 5.74) is 5.35. The number of nitrogens with zero attached hydrogens (tertiary/aromatic N) is 4. The van der Waals surface area contributed by atoms with Gasteiger partial charge in [-0.25, -0.2) is 17.6 Å². The van der Waals surface area contributed by atoms with E-state index in [4.69, 9.17) is 26.8 Å². The van der Waals surface area contributed by atoms with Crippen molar-refractivity contribution in [3.63, 3.8) is 0 Å². The number of carbonyl (C=O) groups is 4. The van der Waals surface area contributed by atoms with Crippen molar-refractivity contribution in [1.29, 1.82) is 0 Å². The Kier molecular flexibility index (Phi) is 14.2. The standard InChI is InChI=1S/C55H58ClF4N7O7/c1-29-43-41(25-39(58)47(56)46(43)45-35(52(61)70)12-14-40(48(45)59)73-23-22-68)74-55(29,33-6-4-3-5-7-33)18-19-62-34-10-8-32(9-11-34)54(72)67-27-30(28-67)26-66-20-16-31(17-21-66)44-38(57)24-37-50(64-65(2)51(37)49(44)60)36-13-15-42(69)63-53(36)71/h3-7,12,14,18-19,24-25,29-32,34,36,62,68H,8-11,13,15-17,20-23,26-28H2,1-2H3,(H2,61,70)(H,63,69,71)/b19-18-/t29-,32?,34?,36?,55-/m0/s1. The number of rotatable bonds is 14. The number of benzene rings is 4. The molecular weight excluding hydrogens is 982 g/mol. The molecule has 3 saturated heterocycles. The second-order valence-electron chi connectivity index (χ2n) is 20.4. The number of halogens is 5. The summed E-state index contributed by atoms with van der Waals surface area (Å²) < 4.78 is 77.7. The van der Waals surface area contributed by atoms with Gasteiger partial charge in [0.25, 0.3) is 0 Å². The van der Waals surface area contributed by atoms with Crippen LogP contribution in [0.15, 0.2) is 66.9 Å². The smallest absolute Gasteiger partial charge is 0.249 e. The molecule has 390 valence electrons. The van der Waals surface area contributed by atoms with Gasteiger partial charge in [0.15, 0.2) is 23.0 Å². The quantitative estimate of drug-likeness (QED) is 0.0633. The molecule has 5 aromatic rings. The van der Waals surface area contributed by atoms with Crippen LogP contribution in [0.1, 0.15) is 109 Å². The topological polar surface area (TPSA) is 181 Å². The molecule has 3 atom stereocenters. The van der Waals surface area contributed by atoms with Gasteiger partial charge in [-0.2, -0.15) is 5.10 Å². The van der Waals surface area contributed by atoms with Crippen LogP contribution in [-0.2, 0) is 27.0 Å². The van der Waals surface area contributed by atoms with Crippen LogP contribution in [0, 0.1) is 35.1 Å². The van der Waals surface area contributed by atoms with Crippen LogP contribution in [-0.4, -0.2) is 100 Å². The van der Waals surface area contributed by atoms with Crippen LogP contribution in [0.4, 0.5) is 17.6 Å². The highest BCUT2D eigenvalue weighted by Gasteiger charge is 2.49. The predicted molar refractivity (Wildman–Crippen MR) is 267 cm³/mol. The third kappa shape index (κ3) is 9.26. The minimum absolute atomic E-state index is 0.0419. The fraction of sp³-hybridized carbons (Fsp3) is 0.436. The Morgan fingerprint density at radius 1 is 0.959 bits per heavy atom. The summed E-state index contributed by atoms with van der Waals surface area (Å²) >= 11 is 6.68. The molecule has 5 N–H and O–H groups in total. The largest absolute Gasteiger partial charge is 0.488 e. The van der Waals surface area contributed by atoms with Crippen molar-refractivity contribution >= 4 is 46.1 Å². The van der Waals surface area contributed by atoms with Gasteiger partial charge >= 0.3 is 0 Å². The van der Waals surface area contributed by atoms with Gasteiger partial charge in [-0.3, -0.25) is 29.2 Å². The lowest BCUT2D eigenvalue weighted by molar-refractivity contribution is -0.143. The molecule has 4 aromatic carbocycles. The molecule has 5 heterocycles. The molecule has 19 heteroatoms. The number of imide groups is 1. The maximum Gasteiger partial charge on any atom is 0.249 e. The van der Waals surface area contributed by atoms with E-state index in [-0.39, 0.29) is 99.5 Å². The summed E-state index contributed by atoms with van der Waals surface area (Å²) in [6.07, 6.45) is 8.05. The van der Waals surface area contributed by atoms with E-state index in [1.807, 2.05) is 54.4 Å². The fourth-order valence-electron chi connectivity index (χ4n) is 12.1. The zero-order valence-corrected chi connectivity index (χ0v) is 41.8. The highest BCUT2D eigenvalue weighted by atomic mass is 35.5. The summed E-state index contributed by atoms with van der Waals surface area (Å²) in [5, 5.41) is 19.4. The van der Waals surface area contributed by atoms with E-state index < -0.39 is 64.1 Å². The number of nitrogens with two attached hydrogens (primary N) is 1. The van der Waals surface area contributed by atoms with Gasteiger partial charge in [0.2, 0.25) is 23.6 Å². The van der Waals surface area contributed by atoms with Gasteiger partial charge < -0.3 is 35.4 Å². The van der Waals surface area contributed by atoms with E-state index >= 15 is 17.6 Å². The number of aliphatic hydroxyl groups excluding tert-OH is 1. The highest BCUT2D eigenvalue weighted by molar-refractivity contribution is 6.34. The number of hydrogen-bond acceptors (Lipinski definition) is 10. The first-order valence-corrected chi connectivity index (χ1v) is 25.7. The molecule has 0 bridgehead atoms. The number of ether oxygens (including phenoxy) is 2. The maximum absolute atomic E-state index is 16.4. The molecule has 1 aliphatic carbocycles. The number of likely N-dealkylation sites (tertiary alicyclic amines) is 2. The average molecular weight is 1040 g/mol. The molecule has 0 radical (unpaired) electrons. The Morgan fingerprint density at radius 3 is 2.38 bits per heavy atom. The minimum Gasteiger partial charge on any atom is -0.488 e. The Labute approximate surface area is 430 Å². The third-order valence-corrected chi connectivity index (χ3v) is 16.3. The first-order valence-electron chi connectivity index (χ1n) is 25.3. The van der Waals surface area contributed by atoms with Crippen molar-refractivity contribution < 1.29 is 51.3 Å². The molecule has 74 heavy (non-hydrogen) atoms. The number of carbonyl (C=O) groups excluding carboxylic acids is 4. The third-order valence-electron chi connectivity index (χ3n) is 15.9.